The Kier molecular flexibility index (Phi) is 4.51. The van der Waals surface area contributed by atoms with Crippen molar-refractivity contribution in [3.05, 3.63) is 28.6 Å². The first-order chi connectivity index (χ1) is 10.6. The molecule has 0 bridgehead atoms. The Labute approximate surface area is 124 Å². The zero-order valence-corrected chi connectivity index (χ0v) is 12.1. The van der Waals surface area contributed by atoms with Gasteiger partial charge in [-0.05, 0) is 4.92 Å². The van der Waals surface area contributed by atoms with Crippen LogP contribution in [0.1, 0.15) is 0 Å². The summed E-state index contributed by atoms with van der Waals surface area (Å²) in [6.45, 7) is 0. The third-order valence-corrected chi connectivity index (χ3v) is 2.72. The van der Waals surface area contributed by atoms with Crippen molar-refractivity contribution in [2.75, 3.05) is 21.3 Å². The number of hydrogen-bond acceptors (Lipinski definition) is 8. The Morgan fingerprint density at radius 2 is 1.77 bits per heavy atom. The standard InChI is InChI=1S/C12H13N5O5/c1-20-7-4-8(21-2)10(9(5-7)22-3)15-16-11-12(17(18)19)14-6-13-11/h4-6H,1-3H3,(H,13,14). The van der Waals surface area contributed by atoms with E-state index in [1.54, 1.807) is 12.1 Å². The van der Waals surface area contributed by atoms with Gasteiger partial charge in [-0.25, -0.2) is 4.98 Å². The number of nitrogens with one attached hydrogen (secondary N) is 1. The van der Waals surface area contributed by atoms with Gasteiger partial charge in [0.15, 0.2) is 23.5 Å². The highest BCUT2D eigenvalue weighted by molar-refractivity contribution is 5.65. The number of nitro groups is 1. The van der Waals surface area contributed by atoms with Crippen LogP contribution < -0.4 is 14.2 Å². The Hall–Kier alpha value is -3.17. The van der Waals surface area contributed by atoms with Gasteiger partial charge in [0.05, 0.1) is 21.3 Å². The summed E-state index contributed by atoms with van der Waals surface area (Å²) in [4.78, 5) is 16.3. The Balaban J connectivity index is 2.45. The predicted molar refractivity (Wildman–Crippen MR) is 75.5 cm³/mol. The number of benzene rings is 1. The fourth-order valence-electron chi connectivity index (χ4n) is 1.67. The summed E-state index contributed by atoms with van der Waals surface area (Å²) in [5.74, 6) is 0.704. The van der Waals surface area contributed by atoms with E-state index in [4.69, 9.17) is 14.2 Å². The van der Waals surface area contributed by atoms with Gasteiger partial charge in [-0.2, -0.15) is 4.98 Å². The highest BCUT2D eigenvalue weighted by atomic mass is 16.6. The number of hydrogen-bond donors (Lipinski definition) is 1. The predicted octanol–water partition coefficient (Wildman–Crippen LogP) is 2.76. The molecule has 0 atom stereocenters. The SMILES string of the molecule is COc1cc(OC)c(N=Nc2nc[nH]c2[N+](=O)[O-])c(OC)c1. The number of rotatable bonds is 6. The molecule has 2 rings (SSSR count). The van der Waals surface area contributed by atoms with Gasteiger partial charge < -0.3 is 24.3 Å². The van der Waals surface area contributed by atoms with Crippen LogP contribution in [0.5, 0.6) is 17.2 Å². The van der Waals surface area contributed by atoms with Crippen molar-refractivity contribution in [2.45, 2.75) is 0 Å². The molecule has 1 aromatic heterocycles. The van der Waals surface area contributed by atoms with Crippen LogP contribution in [-0.2, 0) is 0 Å². The van der Waals surface area contributed by atoms with E-state index >= 15 is 0 Å². The number of imidazole rings is 1. The first-order valence-electron chi connectivity index (χ1n) is 6.00. The molecule has 0 unspecified atom stereocenters. The fourth-order valence-corrected chi connectivity index (χ4v) is 1.67. The molecule has 1 heterocycles. The second-order valence-electron chi connectivity index (χ2n) is 3.91. The van der Waals surface area contributed by atoms with Crippen molar-refractivity contribution >= 4 is 17.3 Å². The van der Waals surface area contributed by atoms with E-state index < -0.39 is 4.92 Å². The molecular formula is C12H13N5O5. The monoisotopic (exact) mass is 307 g/mol. The largest absolute Gasteiger partial charge is 0.496 e. The number of methoxy groups -OCH3 is 3. The van der Waals surface area contributed by atoms with E-state index in [-0.39, 0.29) is 17.3 Å². The van der Waals surface area contributed by atoms with Crippen molar-refractivity contribution < 1.29 is 19.1 Å². The molecule has 0 aliphatic rings. The third kappa shape index (κ3) is 2.95. The number of nitrogens with zero attached hydrogens (tertiary/aromatic N) is 4. The summed E-state index contributed by atoms with van der Waals surface area (Å²) in [7, 11) is 4.40. The van der Waals surface area contributed by atoms with Gasteiger partial charge >= 0.3 is 5.82 Å². The van der Waals surface area contributed by atoms with E-state index in [9.17, 15) is 10.1 Å². The first-order valence-corrected chi connectivity index (χ1v) is 6.00. The maximum Gasteiger partial charge on any atom is 0.369 e. The molecule has 116 valence electrons. The zero-order chi connectivity index (χ0) is 16.1. The van der Waals surface area contributed by atoms with Crippen molar-refractivity contribution in [3.8, 4) is 17.2 Å². The van der Waals surface area contributed by atoms with E-state index in [0.717, 1.165) is 6.33 Å². The molecule has 0 radical (unpaired) electrons. The summed E-state index contributed by atoms with van der Waals surface area (Å²) in [6, 6.07) is 3.19. The molecule has 10 heteroatoms. The van der Waals surface area contributed by atoms with Crippen molar-refractivity contribution in [2.24, 2.45) is 10.2 Å². The number of ether oxygens (including phenoxy) is 3. The summed E-state index contributed by atoms with van der Waals surface area (Å²) in [5.41, 5.74) is 0.267. The molecule has 0 fully saturated rings. The summed E-state index contributed by atoms with van der Waals surface area (Å²) in [6.07, 6.45) is 1.16. The molecule has 0 amide bonds. The van der Waals surface area contributed by atoms with Gasteiger partial charge in [0, 0.05) is 12.1 Å². The molecule has 0 saturated carbocycles. The lowest BCUT2D eigenvalue weighted by Gasteiger charge is -2.10. The van der Waals surface area contributed by atoms with Gasteiger partial charge in [0.1, 0.15) is 5.75 Å². The van der Waals surface area contributed by atoms with Crippen LogP contribution in [0.25, 0.3) is 0 Å². The van der Waals surface area contributed by atoms with Crippen molar-refractivity contribution in [1.82, 2.24) is 9.97 Å². The molecule has 0 aliphatic heterocycles. The van der Waals surface area contributed by atoms with E-state index in [2.05, 4.69) is 20.2 Å². The van der Waals surface area contributed by atoms with Gasteiger partial charge in [-0.3, -0.25) is 0 Å². The van der Waals surface area contributed by atoms with Crippen LogP contribution in [0, 0.1) is 10.1 Å². The number of aromatic nitrogens is 2. The molecule has 0 spiro atoms. The molecule has 0 aliphatic carbocycles. The molecule has 2 aromatic rings. The second-order valence-corrected chi connectivity index (χ2v) is 3.91. The van der Waals surface area contributed by atoms with Crippen molar-refractivity contribution in [3.63, 3.8) is 0 Å². The van der Waals surface area contributed by atoms with Crippen LogP contribution in [0.3, 0.4) is 0 Å². The van der Waals surface area contributed by atoms with Gasteiger partial charge in [0.2, 0.25) is 0 Å². The zero-order valence-electron chi connectivity index (χ0n) is 12.1. The van der Waals surface area contributed by atoms with Crippen molar-refractivity contribution in [1.29, 1.82) is 0 Å². The topological polar surface area (TPSA) is 124 Å². The average molecular weight is 307 g/mol. The minimum absolute atomic E-state index is 0.148. The number of aromatic amines is 1. The van der Waals surface area contributed by atoms with Gasteiger partial charge in [0.25, 0.3) is 5.82 Å². The number of H-pyrrole nitrogens is 1. The molecule has 1 aromatic carbocycles. The van der Waals surface area contributed by atoms with Crippen LogP contribution in [-0.4, -0.2) is 36.2 Å². The number of azo groups is 1. The van der Waals surface area contributed by atoms with Crippen LogP contribution in [0.4, 0.5) is 17.3 Å². The smallest absolute Gasteiger partial charge is 0.369 e. The molecule has 10 nitrogen and oxygen atoms in total. The van der Waals surface area contributed by atoms with E-state index in [0.29, 0.717) is 17.2 Å². The summed E-state index contributed by atoms with van der Waals surface area (Å²) in [5, 5.41) is 18.5. The minimum Gasteiger partial charge on any atom is -0.496 e. The molecule has 0 saturated heterocycles. The third-order valence-electron chi connectivity index (χ3n) is 2.72. The van der Waals surface area contributed by atoms with Crippen LogP contribution in [0.2, 0.25) is 0 Å². The minimum atomic E-state index is -0.635. The van der Waals surface area contributed by atoms with Gasteiger partial charge in [-0.15, -0.1) is 10.2 Å². The molecular weight excluding hydrogens is 294 g/mol. The summed E-state index contributed by atoms with van der Waals surface area (Å²) >= 11 is 0. The fraction of sp³-hybridized carbons (Fsp3) is 0.250. The average Bonchev–Trinajstić information content (AvgIpc) is 3.00. The highest BCUT2D eigenvalue weighted by Crippen LogP contribution is 2.42. The maximum absolute atomic E-state index is 10.8. The molecule has 1 N–H and O–H groups in total. The Bertz CT molecular complexity index is 687. The van der Waals surface area contributed by atoms with E-state index in [1.165, 1.54) is 21.3 Å². The van der Waals surface area contributed by atoms with E-state index in [1.807, 2.05) is 0 Å². The second kappa shape index (κ2) is 6.52. The highest BCUT2D eigenvalue weighted by Gasteiger charge is 2.17. The lowest BCUT2D eigenvalue weighted by molar-refractivity contribution is -0.388. The van der Waals surface area contributed by atoms with Crippen LogP contribution >= 0.6 is 0 Å². The maximum atomic E-state index is 10.8. The molecule has 22 heavy (non-hydrogen) atoms. The lowest BCUT2D eigenvalue weighted by atomic mass is 10.2. The first kappa shape index (κ1) is 15.2. The normalized spacial score (nSPS) is 10.7. The Morgan fingerprint density at radius 1 is 1.14 bits per heavy atom. The lowest BCUT2D eigenvalue weighted by Crippen LogP contribution is -1.91. The van der Waals surface area contributed by atoms with Crippen LogP contribution in [0.15, 0.2) is 28.7 Å². The quantitative estimate of drug-likeness (QED) is 0.497. The summed E-state index contributed by atoms with van der Waals surface area (Å²) < 4.78 is 15.5. The Morgan fingerprint density at radius 3 is 2.27 bits per heavy atom. The van der Waals surface area contributed by atoms with Gasteiger partial charge in [-0.1, -0.05) is 0 Å².